The number of hydrogen-bond donors (Lipinski definition) is 1. The quantitative estimate of drug-likeness (QED) is 0.880. The van der Waals surface area contributed by atoms with Gasteiger partial charge in [0.05, 0.1) is 0 Å². The second-order valence-corrected chi connectivity index (χ2v) is 5.24. The van der Waals surface area contributed by atoms with E-state index >= 15 is 0 Å². The van der Waals surface area contributed by atoms with Gasteiger partial charge < -0.3 is 10.6 Å². The van der Waals surface area contributed by atoms with Crippen LogP contribution in [0.15, 0.2) is 24.3 Å². The van der Waals surface area contributed by atoms with Crippen molar-refractivity contribution in [3.05, 3.63) is 35.4 Å². The molecule has 2 atom stereocenters. The summed E-state index contributed by atoms with van der Waals surface area (Å²) in [5, 5.41) is 0. The minimum atomic E-state index is 0.120. The lowest BCUT2D eigenvalue weighted by molar-refractivity contribution is -0.136. The van der Waals surface area contributed by atoms with E-state index < -0.39 is 0 Å². The van der Waals surface area contributed by atoms with Gasteiger partial charge in [-0.05, 0) is 37.3 Å². The summed E-state index contributed by atoms with van der Waals surface area (Å²) in [4.78, 5) is 14.2. The van der Waals surface area contributed by atoms with E-state index in [2.05, 4.69) is 24.3 Å². The molecule has 0 aromatic heterocycles. The second-order valence-electron chi connectivity index (χ2n) is 5.24. The second kappa shape index (κ2) is 5.53. The summed E-state index contributed by atoms with van der Waals surface area (Å²) in [5.74, 6) is 0.362. The molecular weight excluding hydrogens is 224 g/mol. The lowest BCUT2D eigenvalue weighted by Crippen LogP contribution is -2.44. The molecule has 0 fully saturated rings. The molecule has 1 aliphatic carbocycles. The Hall–Kier alpha value is -1.35. The van der Waals surface area contributed by atoms with Crippen LogP contribution in [0.1, 0.15) is 24.5 Å². The van der Waals surface area contributed by atoms with Crippen molar-refractivity contribution in [2.24, 2.45) is 11.7 Å². The zero-order valence-electron chi connectivity index (χ0n) is 11.2. The Morgan fingerprint density at radius 2 is 2.11 bits per heavy atom. The van der Waals surface area contributed by atoms with Crippen molar-refractivity contribution in [2.75, 3.05) is 13.6 Å². The standard InChI is InChI=1S/C15H22N2O/c1-11(10-16)17(2)15(18)14-8-7-12-5-3-4-6-13(12)9-14/h3-6,11,14H,7-10,16H2,1-2H3. The lowest BCUT2D eigenvalue weighted by Gasteiger charge is -2.31. The van der Waals surface area contributed by atoms with Crippen LogP contribution in [-0.4, -0.2) is 30.4 Å². The molecule has 0 bridgehead atoms. The molecule has 18 heavy (non-hydrogen) atoms. The van der Waals surface area contributed by atoms with E-state index in [4.69, 9.17) is 5.73 Å². The van der Waals surface area contributed by atoms with Gasteiger partial charge >= 0.3 is 0 Å². The summed E-state index contributed by atoms with van der Waals surface area (Å²) in [6.07, 6.45) is 2.84. The third kappa shape index (κ3) is 2.56. The Bertz CT molecular complexity index is 430. The fourth-order valence-electron chi connectivity index (χ4n) is 2.57. The minimum absolute atomic E-state index is 0.120. The molecule has 1 aromatic carbocycles. The molecule has 98 valence electrons. The Kier molecular flexibility index (Phi) is 4.02. The van der Waals surface area contributed by atoms with Gasteiger partial charge in [0.15, 0.2) is 0 Å². The Morgan fingerprint density at radius 3 is 2.78 bits per heavy atom. The average Bonchev–Trinajstić information content (AvgIpc) is 2.44. The van der Waals surface area contributed by atoms with Crippen LogP contribution in [0, 0.1) is 5.92 Å². The summed E-state index contributed by atoms with van der Waals surface area (Å²) in [7, 11) is 1.86. The SMILES string of the molecule is CC(CN)N(C)C(=O)C1CCc2ccccc2C1. The van der Waals surface area contributed by atoms with Crippen molar-refractivity contribution in [3.8, 4) is 0 Å². The van der Waals surface area contributed by atoms with Gasteiger partial charge in [0.25, 0.3) is 0 Å². The third-order valence-electron chi connectivity index (χ3n) is 4.05. The van der Waals surface area contributed by atoms with E-state index in [1.165, 1.54) is 11.1 Å². The number of nitrogens with zero attached hydrogens (tertiary/aromatic N) is 1. The van der Waals surface area contributed by atoms with Gasteiger partial charge in [-0.25, -0.2) is 0 Å². The van der Waals surface area contributed by atoms with Crippen molar-refractivity contribution in [2.45, 2.75) is 32.2 Å². The number of carbonyl (C=O) groups is 1. The van der Waals surface area contributed by atoms with Gasteiger partial charge in [-0.1, -0.05) is 24.3 Å². The summed E-state index contributed by atoms with van der Waals surface area (Å²) < 4.78 is 0. The Morgan fingerprint density at radius 1 is 1.44 bits per heavy atom. The maximum Gasteiger partial charge on any atom is 0.226 e. The molecule has 3 nitrogen and oxygen atoms in total. The van der Waals surface area contributed by atoms with Crippen LogP contribution in [0.2, 0.25) is 0 Å². The predicted molar refractivity (Wildman–Crippen MR) is 73.2 cm³/mol. The zero-order chi connectivity index (χ0) is 13.1. The van der Waals surface area contributed by atoms with Gasteiger partial charge in [0, 0.05) is 25.6 Å². The van der Waals surface area contributed by atoms with Crippen LogP contribution >= 0.6 is 0 Å². The predicted octanol–water partition coefficient (Wildman–Crippen LogP) is 1.60. The molecule has 0 radical (unpaired) electrons. The summed E-state index contributed by atoms with van der Waals surface area (Å²) in [6.45, 7) is 2.51. The largest absolute Gasteiger partial charge is 0.342 e. The maximum absolute atomic E-state index is 12.4. The average molecular weight is 246 g/mol. The fourth-order valence-corrected chi connectivity index (χ4v) is 2.57. The smallest absolute Gasteiger partial charge is 0.226 e. The monoisotopic (exact) mass is 246 g/mol. The molecular formula is C15H22N2O. The lowest BCUT2D eigenvalue weighted by atomic mass is 9.83. The third-order valence-corrected chi connectivity index (χ3v) is 4.05. The summed E-state index contributed by atoms with van der Waals surface area (Å²) in [5.41, 5.74) is 8.35. The van der Waals surface area contributed by atoms with Crippen molar-refractivity contribution >= 4 is 5.91 Å². The number of carbonyl (C=O) groups excluding carboxylic acids is 1. The number of benzene rings is 1. The van der Waals surface area contributed by atoms with Crippen LogP contribution in [0.25, 0.3) is 0 Å². The molecule has 2 rings (SSSR count). The number of aryl methyl sites for hydroxylation is 1. The van der Waals surface area contributed by atoms with Crippen molar-refractivity contribution in [1.29, 1.82) is 0 Å². The number of likely N-dealkylation sites (N-methyl/N-ethyl adjacent to an activating group) is 1. The topological polar surface area (TPSA) is 46.3 Å². The van der Waals surface area contributed by atoms with Crippen LogP contribution in [0.4, 0.5) is 0 Å². The highest BCUT2D eigenvalue weighted by Gasteiger charge is 2.28. The molecule has 0 aliphatic heterocycles. The van der Waals surface area contributed by atoms with Gasteiger partial charge in [0.2, 0.25) is 5.91 Å². The fraction of sp³-hybridized carbons (Fsp3) is 0.533. The highest BCUT2D eigenvalue weighted by atomic mass is 16.2. The molecule has 2 unspecified atom stereocenters. The van der Waals surface area contributed by atoms with E-state index in [1.807, 2.05) is 14.0 Å². The minimum Gasteiger partial charge on any atom is -0.342 e. The van der Waals surface area contributed by atoms with E-state index in [9.17, 15) is 4.79 Å². The molecule has 0 heterocycles. The molecule has 1 amide bonds. The van der Waals surface area contributed by atoms with Gasteiger partial charge in [-0.3, -0.25) is 4.79 Å². The number of fused-ring (bicyclic) bond motifs is 1. The number of rotatable bonds is 3. The van der Waals surface area contributed by atoms with Crippen LogP contribution < -0.4 is 5.73 Å². The molecule has 1 aromatic rings. The highest BCUT2D eigenvalue weighted by Crippen LogP contribution is 2.26. The Labute approximate surface area is 109 Å². The first-order valence-corrected chi connectivity index (χ1v) is 6.67. The van der Waals surface area contributed by atoms with Crippen LogP contribution in [-0.2, 0) is 17.6 Å². The van der Waals surface area contributed by atoms with Gasteiger partial charge in [-0.15, -0.1) is 0 Å². The van der Waals surface area contributed by atoms with E-state index in [-0.39, 0.29) is 17.9 Å². The molecule has 0 spiro atoms. The number of hydrogen-bond acceptors (Lipinski definition) is 2. The summed E-state index contributed by atoms with van der Waals surface area (Å²) in [6, 6.07) is 8.56. The maximum atomic E-state index is 12.4. The first-order chi connectivity index (χ1) is 8.63. The van der Waals surface area contributed by atoms with Crippen molar-refractivity contribution < 1.29 is 4.79 Å². The van der Waals surface area contributed by atoms with Gasteiger partial charge in [0.1, 0.15) is 0 Å². The first-order valence-electron chi connectivity index (χ1n) is 6.67. The molecule has 1 aliphatic rings. The van der Waals surface area contributed by atoms with E-state index in [0.717, 1.165) is 19.3 Å². The molecule has 0 saturated carbocycles. The number of nitrogens with two attached hydrogens (primary N) is 1. The normalized spacial score (nSPS) is 20.1. The first kappa shape index (κ1) is 13.1. The van der Waals surface area contributed by atoms with E-state index in [1.54, 1.807) is 4.90 Å². The molecule has 2 N–H and O–H groups in total. The number of amides is 1. The van der Waals surface area contributed by atoms with Crippen LogP contribution in [0.3, 0.4) is 0 Å². The highest BCUT2D eigenvalue weighted by molar-refractivity contribution is 5.79. The van der Waals surface area contributed by atoms with Crippen molar-refractivity contribution in [1.82, 2.24) is 4.90 Å². The molecule has 3 heteroatoms. The van der Waals surface area contributed by atoms with Gasteiger partial charge in [-0.2, -0.15) is 0 Å². The van der Waals surface area contributed by atoms with Crippen molar-refractivity contribution in [3.63, 3.8) is 0 Å². The van der Waals surface area contributed by atoms with E-state index in [0.29, 0.717) is 6.54 Å². The zero-order valence-corrected chi connectivity index (χ0v) is 11.2. The summed E-state index contributed by atoms with van der Waals surface area (Å²) >= 11 is 0. The van der Waals surface area contributed by atoms with Crippen LogP contribution in [0.5, 0.6) is 0 Å². The Balaban J connectivity index is 2.07. The molecule has 0 saturated heterocycles.